The number of benzene rings is 2. The van der Waals surface area contributed by atoms with E-state index in [9.17, 15) is 4.79 Å². The summed E-state index contributed by atoms with van der Waals surface area (Å²) in [6, 6.07) is 20.0. The number of carbonyl (C=O) groups excluding carboxylic acids is 1. The monoisotopic (exact) mass is 440 g/mol. The lowest BCUT2D eigenvalue weighted by molar-refractivity contribution is -0.345. The summed E-state index contributed by atoms with van der Waals surface area (Å²) in [7, 11) is 1.41. The van der Waals surface area contributed by atoms with Crippen LogP contribution in [0.25, 0.3) is 0 Å². The van der Waals surface area contributed by atoms with Gasteiger partial charge in [-0.3, -0.25) is 4.79 Å². The lowest BCUT2D eigenvalue weighted by Gasteiger charge is -2.52. The second-order valence-corrected chi connectivity index (χ2v) is 8.90. The third-order valence-electron chi connectivity index (χ3n) is 6.36. The molecular formula is C26H32O6. The Morgan fingerprint density at radius 1 is 1.12 bits per heavy atom. The Kier molecular flexibility index (Phi) is 7.26. The molecule has 2 saturated heterocycles. The fraction of sp³-hybridized carbons (Fsp3) is 0.500. The van der Waals surface area contributed by atoms with Gasteiger partial charge in [-0.1, -0.05) is 67.6 Å². The third-order valence-corrected chi connectivity index (χ3v) is 6.36. The molecule has 0 unspecified atom stereocenters. The van der Waals surface area contributed by atoms with Crippen LogP contribution in [0, 0.1) is 5.92 Å². The molecule has 32 heavy (non-hydrogen) atoms. The SMILES string of the molecule is COC(=O)C[C@H](C)[C@@H]1O[C@]2(C)CO[C@@H](c3ccccc3)O[C@H]2C[C@H]1OCc1ccccc1. The molecule has 2 fully saturated rings. The predicted molar refractivity (Wildman–Crippen MR) is 119 cm³/mol. The first-order valence-electron chi connectivity index (χ1n) is 11.2. The largest absolute Gasteiger partial charge is 0.469 e. The number of hydrogen-bond donors (Lipinski definition) is 0. The highest BCUT2D eigenvalue weighted by atomic mass is 16.7. The molecule has 0 amide bonds. The number of fused-ring (bicyclic) bond motifs is 1. The Morgan fingerprint density at radius 2 is 1.81 bits per heavy atom. The Balaban J connectivity index is 1.51. The molecule has 6 heteroatoms. The second kappa shape index (κ2) is 10.1. The van der Waals surface area contributed by atoms with Gasteiger partial charge in [0, 0.05) is 12.0 Å². The summed E-state index contributed by atoms with van der Waals surface area (Å²) in [5.41, 5.74) is 1.46. The van der Waals surface area contributed by atoms with Crippen molar-refractivity contribution in [2.75, 3.05) is 13.7 Å². The van der Waals surface area contributed by atoms with E-state index < -0.39 is 11.9 Å². The van der Waals surface area contributed by atoms with E-state index in [1.165, 1.54) is 7.11 Å². The van der Waals surface area contributed by atoms with Gasteiger partial charge in [0.1, 0.15) is 5.60 Å². The molecule has 2 aliphatic heterocycles. The van der Waals surface area contributed by atoms with Gasteiger partial charge in [0.2, 0.25) is 0 Å². The van der Waals surface area contributed by atoms with Crippen molar-refractivity contribution in [3.8, 4) is 0 Å². The van der Waals surface area contributed by atoms with E-state index >= 15 is 0 Å². The molecule has 0 saturated carbocycles. The average Bonchev–Trinajstić information content (AvgIpc) is 2.83. The Morgan fingerprint density at radius 3 is 2.50 bits per heavy atom. The fourth-order valence-corrected chi connectivity index (χ4v) is 4.48. The highest BCUT2D eigenvalue weighted by Gasteiger charge is 2.52. The lowest BCUT2D eigenvalue weighted by Crippen LogP contribution is -2.62. The molecule has 6 atom stereocenters. The summed E-state index contributed by atoms with van der Waals surface area (Å²) >= 11 is 0. The fourth-order valence-electron chi connectivity index (χ4n) is 4.48. The van der Waals surface area contributed by atoms with Crippen molar-refractivity contribution in [2.45, 2.75) is 63.5 Å². The molecule has 0 bridgehead atoms. The van der Waals surface area contributed by atoms with Crippen molar-refractivity contribution in [3.05, 3.63) is 71.8 Å². The van der Waals surface area contributed by atoms with Crippen LogP contribution in [0.5, 0.6) is 0 Å². The highest BCUT2D eigenvalue weighted by Crippen LogP contribution is 2.42. The minimum absolute atomic E-state index is 0.0761. The van der Waals surface area contributed by atoms with Crippen LogP contribution in [0.1, 0.15) is 44.1 Å². The van der Waals surface area contributed by atoms with Gasteiger partial charge in [0.15, 0.2) is 6.29 Å². The van der Waals surface area contributed by atoms with Crippen LogP contribution in [0.4, 0.5) is 0 Å². The van der Waals surface area contributed by atoms with Gasteiger partial charge in [-0.2, -0.15) is 0 Å². The average molecular weight is 441 g/mol. The van der Waals surface area contributed by atoms with Crippen molar-refractivity contribution >= 4 is 5.97 Å². The summed E-state index contributed by atoms with van der Waals surface area (Å²) in [6.07, 6.45) is -0.198. The van der Waals surface area contributed by atoms with Crippen LogP contribution in [0.2, 0.25) is 0 Å². The van der Waals surface area contributed by atoms with Gasteiger partial charge in [-0.25, -0.2) is 0 Å². The van der Waals surface area contributed by atoms with E-state index in [4.69, 9.17) is 23.7 Å². The number of hydrogen-bond acceptors (Lipinski definition) is 6. The molecule has 4 rings (SSSR count). The topological polar surface area (TPSA) is 63.2 Å². The standard InChI is InChI=1S/C26H32O6/c1-18(14-23(27)28-3)24-21(29-16-19-10-6-4-7-11-19)15-22-26(2,32-24)17-30-25(31-22)20-12-8-5-9-13-20/h4-13,18,21-22,24-25H,14-17H2,1-3H3/t18-,21+,22-,24-,25+,26+/m0/s1. The minimum atomic E-state index is -0.618. The summed E-state index contributed by atoms with van der Waals surface area (Å²) in [4.78, 5) is 11.9. The van der Waals surface area contributed by atoms with E-state index in [1.807, 2.05) is 74.5 Å². The second-order valence-electron chi connectivity index (χ2n) is 8.90. The van der Waals surface area contributed by atoms with Crippen molar-refractivity contribution in [1.82, 2.24) is 0 Å². The quantitative estimate of drug-likeness (QED) is 0.594. The maximum atomic E-state index is 11.9. The highest BCUT2D eigenvalue weighted by molar-refractivity contribution is 5.69. The zero-order valence-corrected chi connectivity index (χ0v) is 18.9. The number of rotatable bonds is 7. The summed E-state index contributed by atoms with van der Waals surface area (Å²) in [5.74, 6) is -0.330. The van der Waals surface area contributed by atoms with Crippen LogP contribution in [-0.2, 0) is 35.1 Å². The lowest BCUT2D eigenvalue weighted by atomic mass is 9.83. The zero-order valence-electron chi connectivity index (χ0n) is 18.9. The van der Waals surface area contributed by atoms with Crippen LogP contribution < -0.4 is 0 Å². The predicted octanol–water partition coefficient (Wildman–Crippen LogP) is 4.43. The van der Waals surface area contributed by atoms with Crippen LogP contribution >= 0.6 is 0 Å². The molecule has 2 aromatic carbocycles. The van der Waals surface area contributed by atoms with E-state index in [0.717, 1.165) is 11.1 Å². The number of ether oxygens (including phenoxy) is 5. The van der Waals surface area contributed by atoms with Gasteiger partial charge in [0.05, 0.1) is 45.1 Å². The Labute approximate surface area is 189 Å². The number of carbonyl (C=O) groups is 1. The molecule has 0 N–H and O–H groups in total. The van der Waals surface area contributed by atoms with Crippen molar-refractivity contribution < 1.29 is 28.5 Å². The van der Waals surface area contributed by atoms with Crippen molar-refractivity contribution in [1.29, 1.82) is 0 Å². The smallest absolute Gasteiger partial charge is 0.305 e. The van der Waals surface area contributed by atoms with E-state index in [1.54, 1.807) is 0 Å². The summed E-state index contributed by atoms with van der Waals surface area (Å²) in [6.45, 7) is 4.90. The number of esters is 1. The first-order chi connectivity index (χ1) is 15.5. The maximum absolute atomic E-state index is 11.9. The van der Waals surface area contributed by atoms with E-state index in [-0.39, 0.29) is 36.6 Å². The van der Waals surface area contributed by atoms with Gasteiger partial charge >= 0.3 is 5.97 Å². The van der Waals surface area contributed by atoms with Gasteiger partial charge < -0.3 is 23.7 Å². The third kappa shape index (κ3) is 5.21. The maximum Gasteiger partial charge on any atom is 0.305 e. The molecule has 0 spiro atoms. The summed E-state index contributed by atoms with van der Waals surface area (Å²) in [5, 5.41) is 0. The summed E-state index contributed by atoms with van der Waals surface area (Å²) < 4.78 is 30.3. The van der Waals surface area contributed by atoms with Crippen LogP contribution in [-0.4, -0.2) is 43.6 Å². The van der Waals surface area contributed by atoms with Crippen molar-refractivity contribution in [3.63, 3.8) is 0 Å². The molecule has 0 radical (unpaired) electrons. The van der Waals surface area contributed by atoms with Crippen molar-refractivity contribution in [2.24, 2.45) is 5.92 Å². The van der Waals surface area contributed by atoms with Gasteiger partial charge in [0.25, 0.3) is 0 Å². The number of methoxy groups -OCH3 is 1. The van der Waals surface area contributed by atoms with Crippen LogP contribution in [0.3, 0.4) is 0 Å². The molecule has 2 heterocycles. The minimum Gasteiger partial charge on any atom is -0.469 e. The molecule has 0 aromatic heterocycles. The first-order valence-corrected chi connectivity index (χ1v) is 11.2. The molecule has 2 aromatic rings. The van der Waals surface area contributed by atoms with Gasteiger partial charge in [-0.15, -0.1) is 0 Å². The molecular weight excluding hydrogens is 408 g/mol. The van der Waals surface area contributed by atoms with Gasteiger partial charge in [-0.05, 0) is 18.4 Å². The van der Waals surface area contributed by atoms with Crippen LogP contribution in [0.15, 0.2) is 60.7 Å². The van der Waals surface area contributed by atoms with E-state index in [2.05, 4.69) is 0 Å². The molecule has 6 nitrogen and oxygen atoms in total. The zero-order chi connectivity index (χ0) is 22.6. The Hall–Kier alpha value is -2.25. The molecule has 2 aliphatic rings. The molecule has 0 aliphatic carbocycles. The molecule has 172 valence electrons. The first kappa shape index (κ1) is 22.9. The normalized spacial score (nSPS) is 30.8. The van der Waals surface area contributed by atoms with E-state index in [0.29, 0.717) is 19.6 Å². The Bertz CT molecular complexity index is 872.